The van der Waals surface area contributed by atoms with Gasteiger partial charge in [0.05, 0.1) is 24.3 Å². The van der Waals surface area contributed by atoms with Crippen molar-refractivity contribution in [2.75, 3.05) is 30.4 Å². The van der Waals surface area contributed by atoms with E-state index in [0.29, 0.717) is 11.8 Å². The summed E-state index contributed by atoms with van der Waals surface area (Å²) in [5.41, 5.74) is 6.99. The molecule has 31 heavy (non-hydrogen) atoms. The van der Waals surface area contributed by atoms with Crippen molar-refractivity contribution in [3.8, 4) is 0 Å². The fraction of sp³-hybridized carbons (Fsp3) is 0.450. The SMILES string of the molecule is C=CC(N)=O.COC1CCN(c2nc(Nc3cnn(C)c3)c3ncn(C(C)C)c3n2)C1. The number of methoxy groups -OCH3 is 1. The van der Waals surface area contributed by atoms with Gasteiger partial charge in [0.2, 0.25) is 11.9 Å². The normalized spacial score (nSPS) is 15.8. The molecule has 4 heterocycles. The van der Waals surface area contributed by atoms with E-state index in [9.17, 15) is 4.79 Å². The second kappa shape index (κ2) is 9.56. The molecule has 11 heteroatoms. The Morgan fingerprint density at radius 3 is 2.71 bits per heavy atom. The van der Waals surface area contributed by atoms with E-state index in [4.69, 9.17) is 14.7 Å². The number of ether oxygens (including phenoxy) is 1. The van der Waals surface area contributed by atoms with Crippen molar-refractivity contribution in [3.63, 3.8) is 0 Å². The number of primary amides is 1. The third kappa shape index (κ3) is 5.18. The smallest absolute Gasteiger partial charge is 0.240 e. The van der Waals surface area contributed by atoms with Crippen LogP contribution in [-0.2, 0) is 16.6 Å². The number of aromatic nitrogens is 6. The largest absolute Gasteiger partial charge is 0.380 e. The van der Waals surface area contributed by atoms with E-state index in [1.807, 2.05) is 19.6 Å². The standard InChI is InChI=1S/C17H24N8O.C3H5NO/c1-11(2)25-10-18-14-15(20-12-7-19-23(3)8-12)21-17(22-16(14)25)24-6-5-13(9-24)26-4;1-2-3(4)5/h7-8,10-11,13H,5-6,9H2,1-4H3,(H,20,21,22);2H,1H2,(H2,4,5). The molecule has 0 aromatic carbocycles. The minimum atomic E-state index is -0.481. The Hall–Kier alpha value is -3.47. The van der Waals surface area contributed by atoms with Crippen LogP contribution in [0.3, 0.4) is 0 Å². The maximum Gasteiger partial charge on any atom is 0.240 e. The minimum absolute atomic E-state index is 0.221. The van der Waals surface area contributed by atoms with Crippen LogP contribution in [0.25, 0.3) is 11.2 Å². The van der Waals surface area contributed by atoms with Gasteiger partial charge in [-0.3, -0.25) is 9.48 Å². The Morgan fingerprint density at radius 1 is 1.42 bits per heavy atom. The molecule has 1 fully saturated rings. The zero-order valence-electron chi connectivity index (χ0n) is 18.3. The van der Waals surface area contributed by atoms with Crippen LogP contribution in [-0.4, -0.2) is 61.5 Å². The molecule has 0 radical (unpaired) electrons. The number of carbonyl (C=O) groups excluding carboxylic acids is 1. The lowest BCUT2D eigenvalue weighted by atomic mass is 10.3. The Kier molecular flexibility index (Phi) is 6.85. The zero-order valence-corrected chi connectivity index (χ0v) is 18.3. The maximum absolute atomic E-state index is 9.47. The van der Waals surface area contributed by atoms with E-state index >= 15 is 0 Å². The molecule has 166 valence electrons. The Morgan fingerprint density at radius 2 is 2.16 bits per heavy atom. The Balaban J connectivity index is 0.000000491. The Labute approximate surface area is 180 Å². The highest BCUT2D eigenvalue weighted by atomic mass is 16.5. The van der Waals surface area contributed by atoms with Gasteiger partial charge in [-0.05, 0) is 26.3 Å². The molecule has 3 aromatic heterocycles. The highest BCUT2D eigenvalue weighted by Crippen LogP contribution is 2.28. The molecule has 0 saturated carbocycles. The summed E-state index contributed by atoms with van der Waals surface area (Å²) in [6.45, 7) is 9.00. The minimum Gasteiger partial charge on any atom is -0.380 e. The van der Waals surface area contributed by atoms with Crippen molar-refractivity contribution in [1.82, 2.24) is 29.3 Å². The lowest BCUT2D eigenvalue weighted by Crippen LogP contribution is -2.24. The van der Waals surface area contributed by atoms with Gasteiger partial charge in [0.25, 0.3) is 0 Å². The molecule has 4 rings (SSSR count). The molecule has 1 aliphatic rings. The van der Waals surface area contributed by atoms with Crippen LogP contribution in [0.2, 0.25) is 0 Å². The highest BCUT2D eigenvalue weighted by Gasteiger charge is 2.26. The third-order valence-electron chi connectivity index (χ3n) is 4.90. The first-order valence-corrected chi connectivity index (χ1v) is 10.0. The third-order valence-corrected chi connectivity index (χ3v) is 4.90. The summed E-state index contributed by atoms with van der Waals surface area (Å²) < 4.78 is 9.30. The summed E-state index contributed by atoms with van der Waals surface area (Å²) in [5.74, 6) is 0.911. The molecule has 0 spiro atoms. The van der Waals surface area contributed by atoms with Crippen molar-refractivity contribution in [2.45, 2.75) is 32.4 Å². The topological polar surface area (TPSA) is 129 Å². The number of fused-ring (bicyclic) bond motifs is 1. The van der Waals surface area contributed by atoms with Gasteiger partial charge in [-0.25, -0.2) is 4.98 Å². The second-order valence-electron chi connectivity index (χ2n) is 7.52. The van der Waals surface area contributed by atoms with Crippen molar-refractivity contribution in [1.29, 1.82) is 0 Å². The number of nitrogens with zero attached hydrogens (tertiary/aromatic N) is 7. The fourth-order valence-corrected chi connectivity index (χ4v) is 3.24. The first kappa shape index (κ1) is 22.2. The van der Waals surface area contributed by atoms with Crippen LogP contribution in [0.15, 0.2) is 31.4 Å². The number of imidazole rings is 1. The molecule has 0 aliphatic carbocycles. The molecule has 1 atom stereocenters. The van der Waals surface area contributed by atoms with E-state index in [1.165, 1.54) is 0 Å². The van der Waals surface area contributed by atoms with Crippen LogP contribution in [0.5, 0.6) is 0 Å². The summed E-state index contributed by atoms with van der Waals surface area (Å²) in [6, 6.07) is 0.263. The van der Waals surface area contributed by atoms with Gasteiger partial charge in [-0.15, -0.1) is 0 Å². The highest BCUT2D eigenvalue weighted by molar-refractivity contribution is 5.86. The predicted molar refractivity (Wildman–Crippen MR) is 119 cm³/mol. The lowest BCUT2D eigenvalue weighted by Gasteiger charge is -2.18. The van der Waals surface area contributed by atoms with Gasteiger partial charge in [0.1, 0.15) is 0 Å². The number of aryl methyl sites for hydroxylation is 1. The summed E-state index contributed by atoms with van der Waals surface area (Å²) in [7, 11) is 3.64. The molecule has 0 bridgehead atoms. The van der Waals surface area contributed by atoms with Gasteiger partial charge < -0.3 is 25.3 Å². The first-order valence-electron chi connectivity index (χ1n) is 10.0. The van der Waals surface area contributed by atoms with E-state index in [0.717, 1.165) is 42.4 Å². The van der Waals surface area contributed by atoms with Crippen molar-refractivity contribution in [2.24, 2.45) is 12.8 Å². The van der Waals surface area contributed by atoms with Crippen molar-refractivity contribution >= 4 is 34.5 Å². The van der Waals surface area contributed by atoms with Gasteiger partial charge >= 0.3 is 0 Å². The van der Waals surface area contributed by atoms with Crippen molar-refractivity contribution in [3.05, 3.63) is 31.4 Å². The van der Waals surface area contributed by atoms with Crippen LogP contribution >= 0.6 is 0 Å². The van der Waals surface area contributed by atoms with Gasteiger partial charge in [-0.2, -0.15) is 15.1 Å². The number of anilines is 3. The zero-order chi connectivity index (χ0) is 22.5. The van der Waals surface area contributed by atoms with Gasteiger partial charge in [-0.1, -0.05) is 6.58 Å². The maximum atomic E-state index is 9.47. The molecule has 3 aromatic rings. The summed E-state index contributed by atoms with van der Waals surface area (Å²) >= 11 is 0. The van der Waals surface area contributed by atoms with Gasteiger partial charge in [0.15, 0.2) is 17.0 Å². The molecule has 3 N–H and O–H groups in total. The number of nitrogens with one attached hydrogen (secondary N) is 1. The van der Waals surface area contributed by atoms with Gasteiger partial charge in [0, 0.05) is 39.5 Å². The Bertz CT molecular complexity index is 1060. The number of hydrogen-bond acceptors (Lipinski definition) is 8. The van der Waals surface area contributed by atoms with E-state index in [1.54, 1.807) is 18.0 Å². The number of carbonyl (C=O) groups is 1. The molecular weight excluding hydrogens is 398 g/mol. The molecule has 1 saturated heterocycles. The summed E-state index contributed by atoms with van der Waals surface area (Å²) in [4.78, 5) is 25.8. The summed E-state index contributed by atoms with van der Waals surface area (Å²) in [5, 5.41) is 7.55. The van der Waals surface area contributed by atoms with E-state index < -0.39 is 5.91 Å². The fourth-order valence-electron chi connectivity index (χ4n) is 3.24. The molecule has 1 unspecified atom stereocenters. The van der Waals surface area contributed by atoms with Crippen LogP contribution in [0.1, 0.15) is 26.3 Å². The molecule has 1 amide bonds. The quantitative estimate of drug-likeness (QED) is 0.570. The summed E-state index contributed by atoms with van der Waals surface area (Å²) in [6.07, 6.45) is 7.75. The van der Waals surface area contributed by atoms with Crippen LogP contribution in [0.4, 0.5) is 17.5 Å². The van der Waals surface area contributed by atoms with Crippen molar-refractivity contribution < 1.29 is 9.53 Å². The number of nitrogens with two attached hydrogens (primary N) is 1. The average molecular weight is 428 g/mol. The van der Waals surface area contributed by atoms with Crippen LogP contribution < -0.4 is 16.0 Å². The molecule has 1 aliphatic heterocycles. The lowest BCUT2D eigenvalue weighted by molar-refractivity contribution is -0.113. The second-order valence-corrected chi connectivity index (χ2v) is 7.52. The van der Waals surface area contributed by atoms with E-state index in [2.05, 4.69) is 51.0 Å². The predicted octanol–water partition coefficient (Wildman–Crippen LogP) is 1.77. The van der Waals surface area contributed by atoms with Crippen LogP contribution in [0, 0.1) is 0 Å². The molecular formula is C20H29N9O2. The van der Waals surface area contributed by atoms with E-state index in [-0.39, 0.29) is 12.1 Å². The first-order chi connectivity index (χ1) is 14.8. The monoisotopic (exact) mass is 427 g/mol. The average Bonchev–Trinajstić information content (AvgIpc) is 3.47. The number of amides is 1. The molecule has 11 nitrogen and oxygen atoms in total. The number of hydrogen-bond donors (Lipinski definition) is 2. The number of rotatable bonds is 6.